The molecule has 28 heavy (non-hydrogen) atoms. The quantitative estimate of drug-likeness (QED) is 0.572. The number of thiophene rings is 1. The topological polar surface area (TPSA) is 74.5 Å². The Morgan fingerprint density at radius 1 is 1.29 bits per heavy atom. The third-order valence-electron chi connectivity index (χ3n) is 4.94. The van der Waals surface area contributed by atoms with Gasteiger partial charge in [0.15, 0.2) is 6.10 Å². The maximum absolute atomic E-state index is 12.6. The number of hydrogen-bond acceptors (Lipinski definition) is 7. The lowest BCUT2D eigenvalue weighted by atomic mass is 9.90. The van der Waals surface area contributed by atoms with E-state index in [4.69, 9.17) is 13.9 Å². The van der Waals surface area contributed by atoms with E-state index in [2.05, 4.69) is 17.1 Å². The van der Waals surface area contributed by atoms with E-state index in [1.54, 1.807) is 14.0 Å². The summed E-state index contributed by atoms with van der Waals surface area (Å²) in [5.74, 6) is 1.72. The van der Waals surface area contributed by atoms with Crippen molar-refractivity contribution >= 4 is 17.3 Å². The molecule has 0 fully saturated rings. The van der Waals surface area contributed by atoms with Crippen molar-refractivity contribution in [2.24, 2.45) is 5.92 Å². The van der Waals surface area contributed by atoms with Crippen molar-refractivity contribution in [2.75, 3.05) is 7.11 Å². The van der Waals surface area contributed by atoms with E-state index >= 15 is 0 Å². The lowest BCUT2D eigenvalue weighted by Crippen LogP contribution is -2.08. The predicted octanol–water partition coefficient (Wildman–Crippen LogP) is 4.85. The molecule has 2 heterocycles. The summed E-state index contributed by atoms with van der Waals surface area (Å²) >= 11 is 1.54. The van der Waals surface area contributed by atoms with Crippen LogP contribution in [0.2, 0.25) is 0 Å². The molecule has 1 aliphatic carbocycles. The Hall–Kier alpha value is -2.67. The van der Waals surface area contributed by atoms with E-state index < -0.39 is 6.10 Å². The fraction of sp³-hybridized carbons (Fsp3) is 0.381. The molecule has 3 aromatic rings. The number of nitrogens with zero attached hydrogens (tertiary/aromatic N) is 2. The van der Waals surface area contributed by atoms with Crippen molar-refractivity contribution in [3.8, 4) is 17.2 Å². The minimum Gasteiger partial charge on any atom is -0.497 e. The van der Waals surface area contributed by atoms with Gasteiger partial charge in [0.2, 0.25) is 5.89 Å². The molecule has 0 radical (unpaired) electrons. The first-order chi connectivity index (χ1) is 13.5. The Labute approximate surface area is 167 Å². The van der Waals surface area contributed by atoms with Gasteiger partial charge in [0, 0.05) is 10.4 Å². The molecule has 0 amide bonds. The molecule has 0 bridgehead atoms. The van der Waals surface area contributed by atoms with Gasteiger partial charge in [-0.15, -0.1) is 21.5 Å². The highest BCUT2D eigenvalue weighted by molar-refractivity contribution is 7.14. The SMILES string of the molecule is COc1ccc(-c2nnc([C@@H](C)OC(=O)c3cc4c(s3)CC[C@H](C)C4)o2)cc1. The van der Waals surface area contributed by atoms with Crippen LogP contribution in [-0.4, -0.2) is 23.3 Å². The van der Waals surface area contributed by atoms with Gasteiger partial charge in [-0.1, -0.05) is 6.92 Å². The zero-order chi connectivity index (χ0) is 19.7. The lowest BCUT2D eigenvalue weighted by Gasteiger charge is -2.16. The Bertz CT molecular complexity index is 977. The molecule has 0 saturated heterocycles. The van der Waals surface area contributed by atoms with E-state index in [1.165, 1.54) is 28.2 Å². The summed E-state index contributed by atoms with van der Waals surface area (Å²) in [6.45, 7) is 3.98. The second-order valence-electron chi connectivity index (χ2n) is 7.13. The molecule has 0 unspecified atom stereocenters. The van der Waals surface area contributed by atoms with Crippen LogP contribution >= 0.6 is 11.3 Å². The number of methoxy groups -OCH3 is 1. The number of aryl methyl sites for hydroxylation is 1. The Morgan fingerprint density at radius 2 is 2.07 bits per heavy atom. The standard InChI is InChI=1S/C21H22N2O4S/c1-12-4-9-17-15(10-12)11-18(28-17)21(24)26-13(2)19-22-23-20(27-19)14-5-7-16(25-3)8-6-14/h5-8,11-13H,4,9-10H2,1-3H3/t12-,13+/m0/s1. The number of carbonyl (C=O) groups excluding carboxylic acids is 1. The highest BCUT2D eigenvalue weighted by Crippen LogP contribution is 2.33. The predicted molar refractivity (Wildman–Crippen MR) is 106 cm³/mol. The number of fused-ring (bicyclic) bond motifs is 1. The Balaban J connectivity index is 1.44. The molecule has 2 atom stereocenters. The van der Waals surface area contributed by atoms with Gasteiger partial charge in [0.05, 0.1) is 7.11 Å². The third-order valence-corrected chi connectivity index (χ3v) is 6.16. The highest BCUT2D eigenvalue weighted by atomic mass is 32.1. The number of hydrogen-bond donors (Lipinski definition) is 0. The van der Waals surface area contributed by atoms with Crippen LogP contribution in [0.25, 0.3) is 11.5 Å². The zero-order valence-electron chi connectivity index (χ0n) is 16.1. The maximum atomic E-state index is 12.6. The van der Waals surface area contributed by atoms with Gasteiger partial charge in [-0.3, -0.25) is 0 Å². The fourth-order valence-corrected chi connectivity index (χ4v) is 4.42. The molecule has 146 valence electrons. The van der Waals surface area contributed by atoms with Gasteiger partial charge >= 0.3 is 5.97 Å². The van der Waals surface area contributed by atoms with E-state index in [1.807, 2.05) is 30.3 Å². The van der Waals surface area contributed by atoms with Crippen LogP contribution in [0.3, 0.4) is 0 Å². The summed E-state index contributed by atoms with van der Waals surface area (Å²) in [6, 6.07) is 9.29. The number of benzene rings is 1. The lowest BCUT2D eigenvalue weighted by molar-refractivity contribution is 0.0285. The summed E-state index contributed by atoms with van der Waals surface area (Å²) in [5.41, 5.74) is 2.06. The van der Waals surface area contributed by atoms with Gasteiger partial charge in [-0.2, -0.15) is 0 Å². The molecule has 6 nitrogen and oxygen atoms in total. The van der Waals surface area contributed by atoms with Gasteiger partial charge in [0.25, 0.3) is 5.89 Å². The van der Waals surface area contributed by atoms with Crippen LogP contribution in [0.5, 0.6) is 5.75 Å². The normalized spacial score (nSPS) is 17.0. The largest absolute Gasteiger partial charge is 0.497 e. The van der Waals surface area contributed by atoms with Crippen molar-refractivity contribution in [2.45, 2.75) is 39.2 Å². The van der Waals surface area contributed by atoms with E-state index in [9.17, 15) is 4.79 Å². The van der Waals surface area contributed by atoms with Gasteiger partial charge in [0.1, 0.15) is 10.6 Å². The number of aromatic nitrogens is 2. The Kier molecular flexibility index (Phi) is 5.17. The van der Waals surface area contributed by atoms with Crippen LogP contribution in [0, 0.1) is 5.92 Å². The van der Waals surface area contributed by atoms with Gasteiger partial charge in [-0.05, 0) is 68.0 Å². The van der Waals surface area contributed by atoms with Crippen LogP contribution in [0.4, 0.5) is 0 Å². The van der Waals surface area contributed by atoms with Crippen molar-refractivity contribution in [3.05, 3.63) is 51.5 Å². The third kappa shape index (κ3) is 3.80. The first kappa shape index (κ1) is 18.7. The second-order valence-corrected chi connectivity index (χ2v) is 8.27. The average Bonchev–Trinajstić information content (AvgIpc) is 3.35. The molecule has 0 saturated carbocycles. The van der Waals surface area contributed by atoms with Crippen molar-refractivity contribution < 1.29 is 18.7 Å². The molecule has 2 aromatic heterocycles. The summed E-state index contributed by atoms with van der Waals surface area (Å²) in [6.07, 6.45) is 2.63. The highest BCUT2D eigenvalue weighted by Gasteiger charge is 2.24. The first-order valence-corrected chi connectivity index (χ1v) is 10.2. The molecular weight excluding hydrogens is 376 g/mol. The molecule has 4 rings (SSSR count). The molecule has 0 spiro atoms. The molecule has 0 N–H and O–H groups in total. The molecule has 0 aliphatic heterocycles. The summed E-state index contributed by atoms with van der Waals surface area (Å²) in [5, 5.41) is 8.09. The average molecular weight is 398 g/mol. The summed E-state index contributed by atoms with van der Waals surface area (Å²) in [7, 11) is 1.61. The van der Waals surface area contributed by atoms with E-state index in [0.29, 0.717) is 16.7 Å². The molecular formula is C21H22N2O4S. The van der Waals surface area contributed by atoms with Crippen LogP contribution in [0.1, 0.15) is 52.4 Å². The number of esters is 1. The first-order valence-electron chi connectivity index (χ1n) is 9.34. The summed E-state index contributed by atoms with van der Waals surface area (Å²) < 4.78 is 16.4. The molecule has 7 heteroatoms. The van der Waals surface area contributed by atoms with Gasteiger partial charge < -0.3 is 13.9 Å². The van der Waals surface area contributed by atoms with Crippen LogP contribution in [-0.2, 0) is 17.6 Å². The number of rotatable bonds is 5. The van der Waals surface area contributed by atoms with Crippen molar-refractivity contribution in [1.29, 1.82) is 0 Å². The summed E-state index contributed by atoms with van der Waals surface area (Å²) in [4.78, 5) is 14.5. The van der Waals surface area contributed by atoms with E-state index in [-0.39, 0.29) is 11.9 Å². The van der Waals surface area contributed by atoms with E-state index in [0.717, 1.165) is 24.2 Å². The van der Waals surface area contributed by atoms with Crippen molar-refractivity contribution in [1.82, 2.24) is 10.2 Å². The monoisotopic (exact) mass is 398 g/mol. The van der Waals surface area contributed by atoms with Crippen LogP contribution in [0.15, 0.2) is 34.7 Å². The fourth-order valence-electron chi connectivity index (χ4n) is 3.32. The van der Waals surface area contributed by atoms with Crippen LogP contribution < -0.4 is 4.74 Å². The van der Waals surface area contributed by atoms with Gasteiger partial charge in [-0.25, -0.2) is 4.79 Å². The molecule has 1 aromatic carbocycles. The number of carbonyl (C=O) groups is 1. The zero-order valence-corrected chi connectivity index (χ0v) is 16.9. The second kappa shape index (κ2) is 7.75. The smallest absolute Gasteiger partial charge is 0.349 e. The molecule has 1 aliphatic rings. The Morgan fingerprint density at radius 3 is 2.82 bits per heavy atom. The minimum atomic E-state index is -0.620. The van der Waals surface area contributed by atoms with Crippen molar-refractivity contribution in [3.63, 3.8) is 0 Å². The number of ether oxygens (including phenoxy) is 2. The maximum Gasteiger partial charge on any atom is 0.349 e. The minimum absolute atomic E-state index is 0.272.